The first kappa shape index (κ1) is 9.98. The van der Waals surface area contributed by atoms with E-state index in [2.05, 4.69) is 9.72 Å². The second-order valence-corrected chi connectivity index (χ2v) is 2.63. The highest BCUT2D eigenvalue weighted by molar-refractivity contribution is 6.33. The molecule has 0 fully saturated rings. The molecule has 2 N–H and O–H groups in total. The Balaban J connectivity index is 3.25. The zero-order valence-electron chi connectivity index (χ0n) is 6.72. The number of anilines is 1. The van der Waals surface area contributed by atoms with E-state index in [0.29, 0.717) is 0 Å². The Morgan fingerprint density at radius 2 is 2.23 bits per heavy atom. The predicted octanol–water partition coefficient (Wildman–Crippen LogP) is 2.26. The summed E-state index contributed by atoms with van der Waals surface area (Å²) >= 11 is 5.49. The molecule has 0 saturated carbocycles. The molecule has 1 aromatic heterocycles. The van der Waals surface area contributed by atoms with Gasteiger partial charge in [0.05, 0.1) is 12.1 Å². The second-order valence-electron chi connectivity index (χ2n) is 2.25. The van der Waals surface area contributed by atoms with Crippen LogP contribution in [0.15, 0.2) is 6.07 Å². The maximum Gasteiger partial charge on any atom is 0.265 e. The number of aromatic nitrogens is 1. The van der Waals surface area contributed by atoms with Gasteiger partial charge in [-0.15, -0.1) is 0 Å². The fraction of sp³-hybridized carbons (Fsp3) is 0.286. The van der Waals surface area contributed by atoms with Gasteiger partial charge in [-0.1, -0.05) is 11.6 Å². The van der Waals surface area contributed by atoms with Crippen LogP contribution >= 0.6 is 11.6 Å². The molecule has 6 heteroatoms. The lowest BCUT2D eigenvalue weighted by atomic mass is 10.2. The van der Waals surface area contributed by atoms with E-state index in [1.165, 1.54) is 7.11 Å². The monoisotopic (exact) mass is 208 g/mol. The predicted molar refractivity (Wildman–Crippen MR) is 45.2 cm³/mol. The van der Waals surface area contributed by atoms with Gasteiger partial charge in [0.2, 0.25) is 5.88 Å². The Morgan fingerprint density at radius 1 is 1.62 bits per heavy atom. The van der Waals surface area contributed by atoms with E-state index >= 15 is 0 Å². The minimum absolute atomic E-state index is 0.0252. The summed E-state index contributed by atoms with van der Waals surface area (Å²) in [5, 5.41) is -0.226. The molecule has 0 radical (unpaired) electrons. The first-order valence-corrected chi connectivity index (χ1v) is 3.72. The van der Waals surface area contributed by atoms with Crippen LogP contribution in [0.3, 0.4) is 0 Å². The van der Waals surface area contributed by atoms with Gasteiger partial charge in [0.1, 0.15) is 5.82 Å². The molecule has 0 aliphatic rings. The van der Waals surface area contributed by atoms with Crippen LogP contribution < -0.4 is 10.5 Å². The number of nitrogens with zero attached hydrogens (tertiary/aromatic N) is 1. The van der Waals surface area contributed by atoms with Gasteiger partial charge in [0, 0.05) is 11.6 Å². The van der Waals surface area contributed by atoms with E-state index < -0.39 is 6.43 Å². The summed E-state index contributed by atoms with van der Waals surface area (Å²) in [5.74, 6) is -0.131. The van der Waals surface area contributed by atoms with Crippen molar-refractivity contribution in [2.45, 2.75) is 6.43 Å². The molecule has 1 rings (SSSR count). The zero-order chi connectivity index (χ0) is 10.0. The molecule has 13 heavy (non-hydrogen) atoms. The summed E-state index contributed by atoms with van der Waals surface area (Å²) in [5.41, 5.74) is 4.91. The molecule has 72 valence electrons. The van der Waals surface area contributed by atoms with Crippen molar-refractivity contribution in [1.82, 2.24) is 4.98 Å². The van der Waals surface area contributed by atoms with Crippen LogP contribution in [0.2, 0.25) is 5.02 Å². The fourth-order valence-corrected chi connectivity index (χ4v) is 0.987. The number of hydrogen-bond acceptors (Lipinski definition) is 3. The van der Waals surface area contributed by atoms with Crippen LogP contribution in [0, 0.1) is 0 Å². The molecule has 0 aliphatic heterocycles. The van der Waals surface area contributed by atoms with Crippen molar-refractivity contribution >= 4 is 17.4 Å². The third-order valence-corrected chi connectivity index (χ3v) is 1.84. The van der Waals surface area contributed by atoms with Gasteiger partial charge in [-0.05, 0) is 0 Å². The van der Waals surface area contributed by atoms with Crippen LogP contribution in [-0.2, 0) is 0 Å². The number of methoxy groups -OCH3 is 1. The number of ether oxygens (including phenoxy) is 1. The van der Waals surface area contributed by atoms with Gasteiger partial charge in [0.25, 0.3) is 6.43 Å². The van der Waals surface area contributed by atoms with Gasteiger partial charge >= 0.3 is 0 Å². The molecule has 1 heterocycles. The number of nitrogens with two attached hydrogens (primary N) is 1. The normalized spacial score (nSPS) is 10.5. The average Bonchev–Trinajstić information content (AvgIpc) is 2.09. The first-order valence-electron chi connectivity index (χ1n) is 3.34. The average molecular weight is 209 g/mol. The van der Waals surface area contributed by atoms with Gasteiger partial charge in [-0.2, -0.15) is 4.98 Å². The van der Waals surface area contributed by atoms with E-state index in [1.807, 2.05) is 0 Å². The zero-order valence-corrected chi connectivity index (χ0v) is 7.48. The van der Waals surface area contributed by atoms with Crippen LogP contribution in [0.1, 0.15) is 12.0 Å². The highest BCUT2D eigenvalue weighted by Crippen LogP contribution is 2.32. The van der Waals surface area contributed by atoms with Gasteiger partial charge in [-0.25, -0.2) is 8.78 Å². The number of pyridine rings is 1. The summed E-state index contributed by atoms with van der Waals surface area (Å²) in [6.07, 6.45) is -2.69. The van der Waals surface area contributed by atoms with Crippen molar-refractivity contribution in [3.63, 3.8) is 0 Å². The Morgan fingerprint density at radius 3 is 2.69 bits per heavy atom. The largest absolute Gasteiger partial charge is 0.481 e. The summed E-state index contributed by atoms with van der Waals surface area (Å²) < 4.78 is 29.3. The van der Waals surface area contributed by atoms with Crippen LogP contribution in [0.5, 0.6) is 5.88 Å². The van der Waals surface area contributed by atoms with Crippen molar-refractivity contribution in [3.05, 3.63) is 16.7 Å². The van der Waals surface area contributed by atoms with Gasteiger partial charge in [0.15, 0.2) is 0 Å². The summed E-state index contributed by atoms with van der Waals surface area (Å²) in [6, 6.07) is 1.06. The quantitative estimate of drug-likeness (QED) is 0.811. The minimum Gasteiger partial charge on any atom is -0.481 e. The molecule has 0 amide bonds. The standard InChI is InChI=1S/C7H7ClF2N2O/c1-13-4-2-3(6(9)10)5(8)7(11)12-4/h2,6H,1H3,(H2,11,12). The smallest absolute Gasteiger partial charge is 0.265 e. The topological polar surface area (TPSA) is 48.1 Å². The molecule has 0 aromatic carbocycles. The molecule has 0 spiro atoms. The lowest BCUT2D eigenvalue weighted by Gasteiger charge is -2.07. The second kappa shape index (κ2) is 3.74. The summed E-state index contributed by atoms with van der Waals surface area (Å²) in [7, 11) is 1.31. The van der Waals surface area contributed by atoms with Crippen molar-refractivity contribution < 1.29 is 13.5 Å². The molecule has 0 atom stereocenters. The Bertz CT molecular complexity index is 320. The van der Waals surface area contributed by atoms with E-state index in [4.69, 9.17) is 17.3 Å². The number of halogens is 3. The molecule has 0 saturated heterocycles. The number of hydrogen-bond donors (Lipinski definition) is 1. The molecule has 1 aromatic rings. The molecule has 0 bridgehead atoms. The van der Waals surface area contributed by atoms with Crippen LogP contribution in [-0.4, -0.2) is 12.1 Å². The highest BCUT2D eigenvalue weighted by Gasteiger charge is 2.16. The van der Waals surface area contributed by atoms with Crippen LogP contribution in [0.4, 0.5) is 14.6 Å². The first-order chi connectivity index (χ1) is 6.06. The Hall–Kier alpha value is -1.10. The van der Waals surface area contributed by atoms with Gasteiger partial charge < -0.3 is 10.5 Å². The molecule has 0 aliphatic carbocycles. The maximum atomic E-state index is 12.3. The van der Waals surface area contributed by atoms with E-state index in [9.17, 15) is 8.78 Å². The van der Waals surface area contributed by atoms with Crippen molar-refractivity contribution in [2.75, 3.05) is 12.8 Å². The number of nitrogen functional groups attached to an aromatic ring is 1. The highest BCUT2D eigenvalue weighted by atomic mass is 35.5. The Kier molecular flexibility index (Phi) is 2.87. The molecular formula is C7H7ClF2N2O. The van der Waals surface area contributed by atoms with Crippen molar-refractivity contribution in [2.24, 2.45) is 0 Å². The lowest BCUT2D eigenvalue weighted by molar-refractivity contribution is 0.151. The van der Waals surface area contributed by atoms with E-state index in [0.717, 1.165) is 6.07 Å². The third kappa shape index (κ3) is 1.98. The van der Waals surface area contributed by atoms with Crippen molar-refractivity contribution in [1.29, 1.82) is 0 Å². The fourth-order valence-electron chi connectivity index (χ4n) is 0.808. The Labute approximate surface area is 78.5 Å². The summed E-state index contributed by atoms with van der Waals surface area (Å²) in [4.78, 5) is 3.62. The molecule has 3 nitrogen and oxygen atoms in total. The minimum atomic E-state index is -2.69. The summed E-state index contributed by atoms with van der Waals surface area (Å²) in [6.45, 7) is 0. The number of rotatable bonds is 2. The molecular weight excluding hydrogens is 202 g/mol. The SMILES string of the molecule is COc1cc(C(F)F)c(Cl)c(N)n1. The van der Waals surface area contributed by atoms with E-state index in [1.54, 1.807) is 0 Å². The third-order valence-electron chi connectivity index (χ3n) is 1.43. The lowest BCUT2D eigenvalue weighted by Crippen LogP contribution is -1.99. The van der Waals surface area contributed by atoms with Crippen LogP contribution in [0.25, 0.3) is 0 Å². The van der Waals surface area contributed by atoms with Crippen molar-refractivity contribution in [3.8, 4) is 5.88 Å². The molecule has 0 unspecified atom stereocenters. The number of alkyl halides is 2. The van der Waals surface area contributed by atoms with E-state index in [-0.39, 0.29) is 22.3 Å². The van der Waals surface area contributed by atoms with Gasteiger partial charge in [-0.3, -0.25) is 0 Å². The maximum absolute atomic E-state index is 12.3.